The molecule has 1 rings (SSSR count). The summed E-state index contributed by atoms with van der Waals surface area (Å²) in [4.78, 5) is 2.66. The first-order chi connectivity index (χ1) is 9.16. The van der Waals surface area contributed by atoms with Crippen LogP contribution in [-0.4, -0.2) is 30.1 Å². The number of hydrogen-bond acceptors (Lipinski definition) is 2. The summed E-state index contributed by atoms with van der Waals surface area (Å²) in [5, 5.41) is 0. The standard InChI is InChI=1S/C17H36N2/c1-4-5-6-7-8-9-10-11-13-19-14-12-17(18)15(2)16(19)3/h15-17H,4-14,18H2,1-3H3. The molecule has 0 aromatic carbocycles. The molecule has 0 bridgehead atoms. The van der Waals surface area contributed by atoms with E-state index >= 15 is 0 Å². The summed E-state index contributed by atoms with van der Waals surface area (Å²) in [5.74, 6) is 0.655. The number of rotatable bonds is 9. The maximum atomic E-state index is 6.14. The molecule has 2 nitrogen and oxygen atoms in total. The normalized spacial score (nSPS) is 28.7. The van der Waals surface area contributed by atoms with Gasteiger partial charge in [0.1, 0.15) is 0 Å². The molecular formula is C17H36N2. The molecule has 1 heterocycles. The summed E-state index contributed by atoms with van der Waals surface area (Å²) in [6.07, 6.45) is 12.5. The van der Waals surface area contributed by atoms with Crippen LogP contribution < -0.4 is 5.73 Å². The van der Waals surface area contributed by atoms with Crippen LogP contribution in [0.25, 0.3) is 0 Å². The molecule has 0 radical (unpaired) electrons. The van der Waals surface area contributed by atoms with Crippen molar-refractivity contribution in [1.82, 2.24) is 4.90 Å². The van der Waals surface area contributed by atoms with Crippen LogP contribution in [0, 0.1) is 5.92 Å². The number of unbranched alkanes of at least 4 members (excludes halogenated alkanes) is 7. The molecule has 19 heavy (non-hydrogen) atoms. The zero-order valence-electron chi connectivity index (χ0n) is 13.5. The largest absolute Gasteiger partial charge is 0.327 e. The van der Waals surface area contributed by atoms with Crippen LogP contribution in [0.1, 0.15) is 78.6 Å². The van der Waals surface area contributed by atoms with Gasteiger partial charge < -0.3 is 10.6 Å². The Labute approximate surface area is 121 Å². The Bertz CT molecular complexity index is 217. The van der Waals surface area contributed by atoms with Crippen molar-refractivity contribution < 1.29 is 0 Å². The van der Waals surface area contributed by atoms with Crippen molar-refractivity contribution in [3.05, 3.63) is 0 Å². The third kappa shape index (κ3) is 6.27. The van der Waals surface area contributed by atoms with E-state index in [4.69, 9.17) is 5.73 Å². The second-order valence-electron chi connectivity index (χ2n) is 6.56. The van der Waals surface area contributed by atoms with Crippen molar-refractivity contribution in [3.8, 4) is 0 Å². The monoisotopic (exact) mass is 268 g/mol. The van der Waals surface area contributed by atoms with E-state index in [1.54, 1.807) is 0 Å². The summed E-state index contributed by atoms with van der Waals surface area (Å²) in [7, 11) is 0. The first kappa shape index (κ1) is 17.0. The molecule has 1 fully saturated rings. The van der Waals surface area contributed by atoms with Crippen LogP contribution in [0.3, 0.4) is 0 Å². The van der Waals surface area contributed by atoms with E-state index in [1.807, 2.05) is 0 Å². The average molecular weight is 268 g/mol. The van der Waals surface area contributed by atoms with Gasteiger partial charge in [-0.2, -0.15) is 0 Å². The summed E-state index contributed by atoms with van der Waals surface area (Å²) in [6.45, 7) is 9.45. The van der Waals surface area contributed by atoms with E-state index in [0.717, 1.165) is 0 Å². The van der Waals surface area contributed by atoms with Crippen LogP contribution in [0.4, 0.5) is 0 Å². The fourth-order valence-electron chi connectivity index (χ4n) is 3.24. The van der Waals surface area contributed by atoms with Crippen LogP contribution >= 0.6 is 0 Å². The Morgan fingerprint density at radius 1 is 0.947 bits per heavy atom. The molecule has 0 amide bonds. The first-order valence-electron chi connectivity index (χ1n) is 8.66. The highest BCUT2D eigenvalue weighted by Gasteiger charge is 2.29. The smallest absolute Gasteiger partial charge is 0.0107 e. The molecule has 1 saturated heterocycles. The van der Waals surface area contributed by atoms with Gasteiger partial charge in [0.05, 0.1) is 0 Å². The fourth-order valence-corrected chi connectivity index (χ4v) is 3.24. The second kappa shape index (κ2) is 9.77. The Morgan fingerprint density at radius 2 is 1.53 bits per heavy atom. The first-order valence-corrected chi connectivity index (χ1v) is 8.66. The second-order valence-corrected chi connectivity index (χ2v) is 6.56. The molecule has 0 aliphatic carbocycles. The van der Waals surface area contributed by atoms with Crippen LogP contribution in [-0.2, 0) is 0 Å². The maximum absolute atomic E-state index is 6.14. The molecule has 0 spiro atoms. The van der Waals surface area contributed by atoms with Crippen molar-refractivity contribution in [3.63, 3.8) is 0 Å². The molecule has 3 unspecified atom stereocenters. The van der Waals surface area contributed by atoms with Gasteiger partial charge in [0.2, 0.25) is 0 Å². The van der Waals surface area contributed by atoms with Crippen LogP contribution in [0.2, 0.25) is 0 Å². The topological polar surface area (TPSA) is 29.3 Å². The van der Waals surface area contributed by atoms with Gasteiger partial charge in [-0.1, -0.05) is 58.8 Å². The van der Waals surface area contributed by atoms with Crippen LogP contribution in [0.15, 0.2) is 0 Å². The molecule has 2 heteroatoms. The lowest BCUT2D eigenvalue weighted by Gasteiger charge is -2.41. The molecule has 1 aliphatic heterocycles. The minimum atomic E-state index is 0.421. The van der Waals surface area contributed by atoms with E-state index in [-0.39, 0.29) is 0 Å². The minimum absolute atomic E-state index is 0.421. The van der Waals surface area contributed by atoms with Crippen molar-refractivity contribution in [1.29, 1.82) is 0 Å². The van der Waals surface area contributed by atoms with E-state index in [9.17, 15) is 0 Å². The minimum Gasteiger partial charge on any atom is -0.327 e. The fraction of sp³-hybridized carbons (Fsp3) is 1.00. The zero-order valence-corrected chi connectivity index (χ0v) is 13.5. The highest BCUT2D eigenvalue weighted by molar-refractivity contribution is 4.86. The summed E-state index contributed by atoms with van der Waals surface area (Å²) >= 11 is 0. The van der Waals surface area contributed by atoms with Crippen molar-refractivity contribution in [2.75, 3.05) is 13.1 Å². The van der Waals surface area contributed by atoms with E-state index in [2.05, 4.69) is 25.7 Å². The molecule has 0 aromatic heterocycles. The number of nitrogens with zero attached hydrogens (tertiary/aromatic N) is 1. The van der Waals surface area contributed by atoms with Gasteiger partial charge in [0.15, 0.2) is 0 Å². The van der Waals surface area contributed by atoms with E-state index < -0.39 is 0 Å². The van der Waals surface area contributed by atoms with Gasteiger partial charge in [-0.3, -0.25) is 0 Å². The third-order valence-corrected chi connectivity index (χ3v) is 5.06. The molecule has 1 aliphatic rings. The SMILES string of the molecule is CCCCCCCCCCN1CCC(N)C(C)C1C. The van der Waals surface area contributed by atoms with Crippen molar-refractivity contribution in [2.24, 2.45) is 11.7 Å². The third-order valence-electron chi connectivity index (χ3n) is 5.06. The Hall–Kier alpha value is -0.0800. The van der Waals surface area contributed by atoms with Gasteiger partial charge in [-0.05, 0) is 38.8 Å². The Morgan fingerprint density at radius 3 is 2.16 bits per heavy atom. The number of hydrogen-bond donors (Lipinski definition) is 1. The predicted molar refractivity (Wildman–Crippen MR) is 85.4 cm³/mol. The number of nitrogens with two attached hydrogens (primary N) is 1. The lowest BCUT2D eigenvalue weighted by Crippen LogP contribution is -2.51. The lowest BCUT2D eigenvalue weighted by atomic mass is 9.87. The number of likely N-dealkylation sites (tertiary alicyclic amines) is 1. The van der Waals surface area contributed by atoms with Gasteiger partial charge in [0.25, 0.3) is 0 Å². The van der Waals surface area contributed by atoms with Gasteiger partial charge >= 0.3 is 0 Å². The highest BCUT2D eigenvalue weighted by Crippen LogP contribution is 2.22. The Balaban J connectivity index is 2.00. The summed E-state index contributed by atoms with van der Waals surface area (Å²) in [6, 6.07) is 1.10. The molecule has 3 atom stereocenters. The van der Waals surface area contributed by atoms with Crippen molar-refractivity contribution in [2.45, 2.75) is 90.6 Å². The maximum Gasteiger partial charge on any atom is 0.0107 e. The highest BCUT2D eigenvalue weighted by atomic mass is 15.2. The molecule has 0 saturated carbocycles. The zero-order chi connectivity index (χ0) is 14.1. The summed E-state index contributed by atoms with van der Waals surface area (Å²) in [5.41, 5.74) is 6.14. The van der Waals surface area contributed by atoms with E-state index in [1.165, 1.54) is 70.9 Å². The summed E-state index contributed by atoms with van der Waals surface area (Å²) < 4.78 is 0. The van der Waals surface area contributed by atoms with Crippen LogP contribution in [0.5, 0.6) is 0 Å². The quantitative estimate of drug-likeness (QED) is 0.635. The number of piperidine rings is 1. The molecule has 0 aromatic rings. The lowest BCUT2D eigenvalue weighted by molar-refractivity contribution is 0.0960. The molecule has 114 valence electrons. The van der Waals surface area contributed by atoms with Gasteiger partial charge in [-0.25, -0.2) is 0 Å². The van der Waals surface area contributed by atoms with Gasteiger partial charge in [-0.15, -0.1) is 0 Å². The Kier molecular flexibility index (Phi) is 8.72. The molecule has 2 N–H and O–H groups in total. The molecular weight excluding hydrogens is 232 g/mol. The van der Waals surface area contributed by atoms with Crippen molar-refractivity contribution >= 4 is 0 Å². The average Bonchev–Trinajstić information content (AvgIpc) is 2.41. The van der Waals surface area contributed by atoms with Gasteiger partial charge in [0, 0.05) is 12.1 Å². The van der Waals surface area contributed by atoms with E-state index in [0.29, 0.717) is 18.0 Å². The predicted octanol–water partition coefficient (Wildman–Crippen LogP) is 4.18.